The number of amides is 2. The fraction of sp³-hybridized carbons (Fsp3) is 0.310. The Bertz CT molecular complexity index is 1560. The van der Waals surface area contributed by atoms with Gasteiger partial charge in [-0.15, -0.1) is 6.42 Å². The maximum absolute atomic E-state index is 14.1. The van der Waals surface area contributed by atoms with Crippen molar-refractivity contribution in [3.8, 4) is 18.0 Å². The van der Waals surface area contributed by atoms with Crippen LogP contribution in [-0.4, -0.2) is 51.9 Å². The van der Waals surface area contributed by atoms with Gasteiger partial charge in [-0.1, -0.05) is 29.1 Å². The lowest BCUT2D eigenvalue weighted by Gasteiger charge is -2.35. The summed E-state index contributed by atoms with van der Waals surface area (Å²) >= 11 is 12.2. The lowest BCUT2D eigenvalue weighted by molar-refractivity contribution is 0.0653. The molecule has 2 aliphatic rings. The number of benzene rings is 2. The van der Waals surface area contributed by atoms with Crippen molar-refractivity contribution in [3.63, 3.8) is 0 Å². The quantitative estimate of drug-likeness (QED) is 0.483. The zero-order chi connectivity index (χ0) is 27.8. The predicted octanol–water partition coefficient (Wildman–Crippen LogP) is 4.09. The van der Waals surface area contributed by atoms with Gasteiger partial charge in [0, 0.05) is 36.3 Å². The van der Waals surface area contributed by atoms with E-state index in [2.05, 4.69) is 11.2 Å². The summed E-state index contributed by atoms with van der Waals surface area (Å²) in [5.41, 5.74) is 2.37. The van der Waals surface area contributed by atoms with Gasteiger partial charge in [0.05, 0.1) is 34.0 Å². The number of rotatable bonds is 4. The Hall–Kier alpha value is -3.80. The lowest BCUT2D eigenvalue weighted by atomic mass is 9.98. The number of aromatic nitrogens is 2. The molecule has 0 saturated carbocycles. The number of fused-ring (bicyclic) bond motifs is 1. The van der Waals surface area contributed by atoms with Crippen molar-refractivity contribution >= 4 is 41.0 Å². The number of anilines is 1. The molecule has 10 heteroatoms. The van der Waals surface area contributed by atoms with Crippen LogP contribution in [0.1, 0.15) is 51.7 Å². The minimum absolute atomic E-state index is 0.169. The molecule has 3 aromatic rings. The zero-order valence-electron chi connectivity index (χ0n) is 21.6. The van der Waals surface area contributed by atoms with E-state index >= 15 is 0 Å². The fourth-order valence-corrected chi connectivity index (χ4v) is 5.52. The first-order valence-electron chi connectivity index (χ1n) is 12.7. The molecule has 8 nitrogen and oxygen atoms in total. The molecule has 0 unspecified atom stereocenters. The summed E-state index contributed by atoms with van der Waals surface area (Å²) in [4.78, 5) is 48.2. The van der Waals surface area contributed by atoms with Gasteiger partial charge < -0.3 is 15.1 Å². The molecule has 1 fully saturated rings. The summed E-state index contributed by atoms with van der Waals surface area (Å²) in [6.45, 7) is 2.73. The fourth-order valence-electron chi connectivity index (χ4n) is 5.22. The second-order valence-corrected chi connectivity index (χ2v) is 10.6. The number of hydrogen-bond acceptors (Lipinski definition) is 5. The first kappa shape index (κ1) is 26.8. The molecule has 5 rings (SSSR count). The van der Waals surface area contributed by atoms with E-state index in [1.54, 1.807) is 59.0 Å². The number of nitrogens with one attached hydrogen (secondary N) is 1. The zero-order valence-corrected chi connectivity index (χ0v) is 23.1. The van der Waals surface area contributed by atoms with E-state index < -0.39 is 0 Å². The molecule has 0 aliphatic carbocycles. The summed E-state index contributed by atoms with van der Waals surface area (Å²) in [6, 6.07) is 11.1. The third-order valence-corrected chi connectivity index (χ3v) is 8.08. The first-order chi connectivity index (χ1) is 18.7. The van der Waals surface area contributed by atoms with Crippen molar-refractivity contribution in [1.82, 2.24) is 19.8 Å². The SMILES string of the molecule is C#C[C@@H]1CCCN1c1nc2c(c(=O)n1-c1ccc(C(=O)NC)cc1)C[C@@H](C)N(C(=O)c1ccc(Cl)c(Cl)c1)C2. The summed E-state index contributed by atoms with van der Waals surface area (Å²) in [6.07, 6.45) is 7.84. The average Bonchev–Trinajstić information content (AvgIpc) is 3.43. The van der Waals surface area contributed by atoms with Gasteiger partial charge >= 0.3 is 0 Å². The van der Waals surface area contributed by atoms with Gasteiger partial charge in [-0.3, -0.25) is 14.4 Å². The lowest BCUT2D eigenvalue weighted by Crippen LogP contribution is -2.47. The van der Waals surface area contributed by atoms with Crippen molar-refractivity contribution < 1.29 is 9.59 Å². The van der Waals surface area contributed by atoms with Crippen molar-refractivity contribution in [2.45, 2.75) is 44.8 Å². The monoisotopic (exact) mass is 563 g/mol. The van der Waals surface area contributed by atoms with Gasteiger partial charge in [0.1, 0.15) is 0 Å². The smallest absolute Gasteiger partial charge is 0.263 e. The van der Waals surface area contributed by atoms with E-state index in [4.69, 9.17) is 34.6 Å². The average molecular weight is 564 g/mol. The van der Waals surface area contributed by atoms with Crippen LogP contribution >= 0.6 is 23.2 Å². The van der Waals surface area contributed by atoms with Crippen LogP contribution in [0.2, 0.25) is 10.0 Å². The number of nitrogens with zero attached hydrogens (tertiary/aromatic N) is 4. The van der Waals surface area contributed by atoms with E-state index in [0.29, 0.717) is 57.0 Å². The van der Waals surface area contributed by atoms with Crippen LogP contribution in [0.25, 0.3) is 5.69 Å². The van der Waals surface area contributed by atoms with Gasteiger partial charge in [-0.2, -0.15) is 0 Å². The van der Waals surface area contributed by atoms with Crippen molar-refractivity contribution in [2.75, 3.05) is 18.5 Å². The van der Waals surface area contributed by atoms with Gasteiger partial charge in [-0.05, 0) is 68.7 Å². The van der Waals surface area contributed by atoms with Crippen molar-refractivity contribution in [1.29, 1.82) is 0 Å². The van der Waals surface area contributed by atoms with Gasteiger partial charge in [0.15, 0.2) is 0 Å². The topological polar surface area (TPSA) is 87.5 Å². The summed E-state index contributed by atoms with van der Waals surface area (Å²) in [5, 5.41) is 3.27. The molecule has 0 radical (unpaired) electrons. The summed E-state index contributed by atoms with van der Waals surface area (Å²) in [5.74, 6) is 2.82. The Morgan fingerprint density at radius 2 is 1.82 bits per heavy atom. The van der Waals surface area contributed by atoms with Crippen LogP contribution in [0, 0.1) is 12.3 Å². The Kier molecular flexibility index (Phi) is 7.39. The largest absolute Gasteiger partial charge is 0.355 e. The Labute approximate surface area is 236 Å². The minimum atomic E-state index is -0.255. The van der Waals surface area contributed by atoms with Crippen LogP contribution in [0.4, 0.5) is 5.95 Å². The number of terminal acetylenes is 1. The highest BCUT2D eigenvalue weighted by atomic mass is 35.5. The number of carbonyl (C=O) groups excluding carboxylic acids is 2. The summed E-state index contributed by atoms with van der Waals surface area (Å²) < 4.78 is 1.57. The number of halogens is 2. The molecule has 2 aliphatic heterocycles. The van der Waals surface area contributed by atoms with Gasteiger partial charge in [-0.25, -0.2) is 9.55 Å². The molecular weight excluding hydrogens is 537 g/mol. The highest BCUT2D eigenvalue weighted by Gasteiger charge is 2.34. The molecule has 2 atom stereocenters. The molecular formula is C29H27Cl2N5O3. The van der Waals surface area contributed by atoms with Gasteiger partial charge in [0.25, 0.3) is 17.4 Å². The van der Waals surface area contributed by atoms with Crippen molar-refractivity contribution in [3.05, 3.63) is 85.2 Å². The maximum atomic E-state index is 14.1. The second kappa shape index (κ2) is 10.8. The van der Waals surface area contributed by atoms with E-state index in [1.807, 2.05) is 11.8 Å². The number of carbonyl (C=O) groups is 2. The van der Waals surface area contributed by atoms with E-state index in [1.165, 1.54) is 0 Å². The van der Waals surface area contributed by atoms with Gasteiger partial charge in [0.2, 0.25) is 5.95 Å². The summed E-state index contributed by atoms with van der Waals surface area (Å²) in [7, 11) is 1.57. The highest BCUT2D eigenvalue weighted by molar-refractivity contribution is 6.42. The van der Waals surface area contributed by atoms with E-state index in [-0.39, 0.29) is 36.0 Å². The first-order valence-corrected chi connectivity index (χ1v) is 13.4. The van der Waals surface area contributed by atoms with Crippen LogP contribution in [0.3, 0.4) is 0 Å². The standard InChI is InChI=1S/C29H27Cl2N5O3/c1-4-20-6-5-13-34(20)29-33-25-16-35(27(38)19-9-12-23(30)24(31)15-19)17(2)14-22(25)28(39)36(29)21-10-7-18(8-11-21)26(37)32-3/h1,7-12,15,17,20H,5-6,13-14,16H2,2-3H3,(H,32,37)/t17-,20-/m1/s1. The second-order valence-electron chi connectivity index (χ2n) is 9.74. The molecule has 1 N–H and O–H groups in total. The van der Waals surface area contributed by atoms with E-state index in [0.717, 1.165) is 12.8 Å². The molecule has 2 amide bonds. The third-order valence-electron chi connectivity index (χ3n) is 7.34. The Morgan fingerprint density at radius 3 is 2.49 bits per heavy atom. The molecule has 39 heavy (non-hydrogen) atoms. The van der Waals surface area contributed by atoms with Crippen LogP contribution in [-0.2, 0) is 13.0 Å². The molecule has 2 aromatic carbocycles. The number of hydrogen-bond donors (Lipinski definition) is 1. The maximum Gasteiger partial charge on any atom is 0.263 e. The predicted molar refractivity (Wildman–Crippen MR) is 152 cm³/mol. The molecule has 1 aromatic heterocycles. The minimum Gasteiger partial charge on any atom is -0.355 e. The van der Waals surface area contributed by atoms with Crippen LogP contribution in [0.5, 0.6) is 0 Å². The van der Waals surface area contributed by atoms with Crippen LogP contribution < -0.4 is 15.8 Å². The Morgan fingerprint density at radius 1 is 1.10 bits per heavy atom. The third kappa shape index (κ3) is 4.88. The molecule has 3 heterocycles. The molecule has 0 bridgehead atoms. The normalized spacial score (nSPS) is 18.4. The molecule has 1 saturated heterocycles. The molecule has 200 valence electrons. The van der Waals surface area contributed by atoms with Crippen LogP contribution in [0.15, 0.2) is 47.3 Å². The Balaban J connectivity index is 1.60. The highest BCUT2D eigenvalue weighted by Crippen LogP contribution is 2.30. The van der Waals surface area contributed by atoms with E-state index in [9.17, 15) is 14.4 Å². The van der Waals surface area contributed by atoms with Crippen molar-refractivity contribution in [2.24, 2.45) is 0 Å². The molecule has 0 spiro atoms.